The van der Waals surface area contributed by atoms with Gasteiger partial charge < -0.3 is 20.1 Å². The van der Waals surface area contributed by atoms with Gasteiger partial charge in [0.05, 0.1) is 48.3 Å². The fourth-order valence-electron chi connectivity index (χ4n) is 4.18. The third kappa shape index (κ3) is 7.24. The summed E-state index contributed by atoms with van der Waals surface area (Å²) in [5, 5.41) is 27.3. The Labute approximate surface area is 240 Å². The lowest BCUT2D eigenvalue weighted by molar-refractivity contribution is -0.385. The van der Waals surface area contributed by atoms with E-state index in [4.69, 9.17) is 9.47 Å². The topological polar surface area (TPSA) is 163 Å². The summed E-state index contributed by atoms with van der Waals surface area (Å²) in [5.74, 6) is 0.212. The Morgan fingerprint density at radius 1 is 0.619 bits per heavy atom. The highest BCUT2D eigenvalue weighted by Gasteiger charge is 2.14. The standard InChI is InChI=1S/C30H26N4O8/c1-41-27-17-21(7-13-25(27)31-29(35)15-19-3-9-23(10-4-19)33(37)38)22-8-14-26(28(18-22)42-2)32-30(36)16-20-5-11-24(12-6-20)34(39)40/h3-14,17-18H,15-16H2,1-2H3,(H,31,35)(H,32,36). The Balaban J connectivity index is 1.44. The van der Waals surface area contributed by atoms with E-state index in [1.807, 2.05) is 0 Å². The number of rotatable bonds is 11. The molecule has 0 aromatic heterocycles. The molecule has 0 aliphatic rings. The van der Waals surface area contributed by atoms with Crippen LogP contribution in [0.1, 0.15) is 11.1 Å². The van der Waals surface area contributed by atoms with E-state index >= 15 is 0 Å². The highest BCUT2D eigenvalue weighted by molar-refractivity contribution is 5.95. The van der Waals surface area contributed by atoms with E-state index < -0.39 is 9.85 Å². The van der Waals surface area contributed by atoms with Crippen molar-refractivity contribution < 1.29 is 28.9 Å². The molecule has 12 nitrogen and oxygen atoms in total. The van der Waals surface area contributed by atoms with Crippen LogP contribution in [-0.4, -0.2) is 35.9 Å². The maximum absolute atomic E-state index is 12.6. The number of amides is 2. The minimum absolute atomic E-state index is 0.0253. The summed E-state index contributed by atoms with van der Waals surface area (Å²) < 4.78 is 11.0. The Morgan fingerprint density at radius 3 is 1.29 bits per heavy atom. The molecule has 2 amide bonds. The van der Waals surface area contributed by atoms with E-state index in [-0.39, 0.29) is 36.0 Å². The van der Waals surface area contributed by atoms with Gasteiger partial charge in [0, 0.05) is 24.3 Å². The van der Waals surface area contributed by atoms with Gasteiger partial charge in [-0.1, -0.05) is 36.4 Å². The van der Waals surface area contributed by atoms with Crippen LogP contribution < -0.4 is 20.1 Å². The largest absolute Gasteiger partial charge is 0.495 e. The van der Waals surface area contributed by atoms with Crippen LogP contribution in [0.2, 0.25) is 0 Å². The summed E-state index contributed by atoms with van der Waals surface area (Å²) in [5.41, 5.74) is 3.59. The molecule has 0 bridgehead atoms. The van der Waals surface area contributed by atoms with Gasteiger partial charge in [-0.15, -0.1) is 0 Å². The second-order valence-electron chi connectivity index (χ2n) is 9.13. The average Bonchev–Trinajstić information content (AvgIpc) is 2.98. The van der Waals surface area contributed by atoms with E-state index in [1.54, 1.807) is 36.4 Å². The van der Waals surface area contributed by atoms with Crippen molar-refractivity contribution in [1.29, 1.82) is 0 Å². The number of hydrogen-bond donors (Lipinski definition) is 2. The molecule has 12 heteroatoms. The predicted octanol–water partition coefficient (Wildman–Crippen LogP) is 5.55. The van der Waals surface area contributed by atoms with Crippen molar-refractivity contribution in [2.24, 2.45) is 0 Å². The van der Waals surface area contributed by atoms with Crippen molar-refractivity contribution in [3.8, 4) is 22.6 Å². The number of benzene rings is 4. The zero-order valence-electron chi connectivity index (χ0n) is 22.7. The van der Waals surface area contributed by atoms with E-state index in [1.165, 1.54) is 62.8 Å². The number of methoxy groups -OCH3 is 2. The van der Waals surface area contributed by atoms with Crippen LogP contribution in [0.4, 0.5) is 22.7 Å². The van der Waals surface area contributed by atoms with Crippen LogP contribution in [0.15, 0.2) is 84.9 Å². The highest BCUT2D eigenvalue weighted by atomic mass is 16.6. The SMILES string of the molecule is COc1cc(-c2ccc(NC(=O)Cc3ccc([N+](=O)[O-])cc3)c(OC)c2)ccc1NC(=O)Cc1ccc([N+](=O)[O-])cc1. The molecule has 2 N–H and O–H groups in total. The number of nitro benzene ring substituents is 2. The number of ether oxygens (including phenoxy) is 2. The molecule has 214 valence electrons. The number of carbonyl (C=O) groups is 2. The number of non-ortho nitro benzene ring substituents is 2. The number of nitrogens with one attached hydrogen (secondary N) is 2. The molecular formula is C30H26N4O8. The number of nitrogens with zero attached hydrogens (tertiary/aromatic N) is 2. The molecule has 0 saturated heterocycles. The lowest BCUT2D eigenvalue weighted by atomic mass is 10.0. The Morgan fingerprint density at radius 2 is 0.976 bits per heavy atom. The van der Waals surface area contributed by atoms with Crippen LogP contribution in [0.5, 0.6) is 11.5 Å². The maximum atomic E-state index is 12.6. The molecule has 4 aromatic carbocycles. The minimum Gasteiger partial charge on any atom is -0.495 e. The lowest BCUT2D eigenvalue weighted by Crippen LogP contribution is -2.15. The fraction of sp³-hybridized carbons (Fsp3) is 0.133. The monoisotopic (exact) mass is 570 g/mol. The summed E-state index contributed by atoms with van der Waals surface area (Å²) >= 11 is 0. The van der Waals surface area contributed by atoms with E-state index in [2.05, 4.69) is 10.6 Å². The summed E-state index contributed by atoms with van der Waals surface area (Å²) in [4.78, 5) is 45.9. The second kappa shape index (κ2) is 13.0. The fourth-order valence-corrected chi connectivity index (χ4v) is 4.18. The summed E-state index contributed by atoms with van der Waals surface area (Å²) in [7, 11) is 2.96. The smallest absolute Gasteiger partial charge is 0.269 e. The Kier molecular flexibility index (Phi) is 9.07. The molecular weight excluding hydrogens is 544 g/mol. The van der Waals surface area contributed by atoms with Crippen LogP contribution in [-0.2, 0) is 22.4 Å². The van der Waals surface area contributed by atoms with Crippen molar-refractivity contribution in [3.05, 3.63) is 116 Å². The van der Waals surface area contributed by atoms with Crippen molar-refractivity contribution >= 4 is 34.6 Å². The molecule has 0 fully saturated rings. The molecule has 4 rings (SSSR count). The Hall–Kier alpha value is -5.78. The van der Waals surface area contributed by atoms with Gasteiger partial charge in [-0.25, -0.2) is 0 Å². The van der Waals surface area contributed by atoms with Crippen LogP contribution in [0, 0.1) is 20.2 Å². The van der Waals surface area contributed by atoms with Gasteiger partial charge in [0.15, 0.2) is 0 Å². The van der Waals surface area contributed by atoms with Crippen molar-refractivity contribution in [1.82, 2.24) is 0 Å². The number of hydrogen-bond acceptors (Lipinski definition) is 8. The van der Waals surface area contributed by atoms with Gasteiger partial charge >= 0.3 is 0 Å². The van der Waals surface area contributed by atoms with E-state index in [0.717, 1.165) is 11.1 Å². The summed E-state index contributed by atoms with van der Waals surface area (Å²) in [6.07, 6.45) is 0.0505. The molecule has 0 aliphatic carbocycles. The van der Waals surface area contributed by atoms with Gasteiger partial charge in [-0.3, -0.25) is 29.8 Å². The minimum atomic E-state index is -0.500. The molecule has 0 heterocycles. The van der Waals surface area contributed by atoms with E-state index in [0.29, 0.717) is 34.0 Å². The third-order valence-electron chi connectivity index (χ3n) is 6.31. The predicted molar refractivity (Wildman–Crippen MR) is 156 cm³/mol. The van der Waals surface area contributed by atoms with Crippen molar-refractivity contribution in [2.45, 2.75) is 12.8 Å². The third-order valence-corrected chi connectivity index (χ3v) is 6.31. The molecule has 4 aromatic rings. The number of anilines is 2. The normalized spacial score (nSPS) is 10.4. The second-order valence-corrected chi connectivity index (χ2v) is 9.13. The number of nitro groups is 2. The Bertz CT molecular complexity index is 1510. The zero-order chi connectivity index (χ0) is 30.2. The first-order valence-corrected chi connectivity index (χ1v) is 12.6. The highest BCUT2D eigenvalue weighted by Crippen LogP contribution is 2.35. The molecule has 0 atom stereocenters. The van der Waals surface area contributed by atoms with Gasteiger partial charge in [0.1, 0.15) is 11.5 Å². The van der Waals surface area contributed by atoms with Crippen LogP contribution in [0.3, 0.4) is 0 Å². The molecule has 0 unspecified atom stereocenters. The first kappa shape index (κ1) is 29.2. The lowest BCUT2D eigenvalue weighted by Gasteiger charge is -2.14. The van der Waals surface area contributed by atoms with E-state index in [9.17, 15) is 29.8 Å². The number of carbonyl (C=O) groups excluding carboxylic acids is 2. The van der Waals surface area contributed by atoms with Gasteiger partial charge in [-0.2, -0.15) is 0 Å². The quantitative estimate of drug-likeness (QED) is 0.175. The van der Waals surface area contributed by atoms with Gasteiger partial charge in [0.25, 0.3) is 11.4 Å². The summed E-state index contributed by atoms with van der Waals surface area (Å²) in [6.45, 7) is 0. The van der Waals surface area contributed by atoms with Crippen LogP contribution in [0.25, 0.3) is 11.1 Å². The van der Waals surface area contributed by atoms with Crippen molar-refractivity contribution in [2.75, 3.05) is 24.9 Å². The molecule has 0 aliphatic heterocycles. The first-order valence-electron chi connectivity index (χ1n) is 12.6. The van der Waals surface area contributed by atoms with Gasteiger partial charge in [0.2, 0.25) is 11.8 Å². The molecule has 42 heavy (non-hydrogen) atoms. The average molecular weight is 571 g/mol. The van der Waals surface area contributed by atoms with Crippen molar-refractivity contribution in [3.63, 3.8) is 0 Å². The zero-order valence-corrected chi connectivity index (χ0v) is 22.7. The van der Waals surface area contributed by atoms with Crippen LogP contribution >= 0.6 is 0 Å². The first-order chi connectivity index (χ1) is 20.2. The maximum Gasteiger partial charge on any atom is 0.269 e. The molecule has 0 spiro atoms. The molecule has 0 radical (unpaired) electrons. The molecule has 0 saturated carbocycles. The van der Waals surface area contributed by atoms with Gasteiger partial charge in [-0.05, 0) is 46.5 Å². The summed E-state index contributed by atoms with van der Waals surface area (Å²) in [6, 6.07) is 22.0.